The van der Waals surface area contributed by atoms with Crippen LogP contribution < -0.4 is 4.74 Å². The van der Waals surface area contributed by atoms with Crippen LogP contribution in [0.1, 0.15) is 0 Å². The van der Waals surface area contributed by atoms with Gasteiger partial charge in [0.1, 0.15) is 10.6 Å². The fourth-order valence-corrected chi connectivity index (χ4v) is 4.35. The van der Waals surface area contributed by atoms with Crippen LogP contribution >= 0.6 is 12.6 Å². The van der Waals surface area contributed by atoms with Gasteiger partial charge in [-0.15, -0.1) is 12.6 Å². The number of hydrogen-bond acceptors (Lipinski definition) is 4. The third kappa shape index (κ3) is 3.74. The molecule has 5 aromatic carbocycles. The van der Waals surface area contributed by atoms with Gasteiger partial charge in [0.2, 0.25) is 0 Å². The first-order valence-electron chi connectivity index (χ1n) is 8.85. The maximum atomic E-state index is 11.5. The molecule has 0 heterocycles. The molecule has 5 rings (SSSR count). The van der Waals surface area contributed by atoms with E-state index in [0.29, 0.717) is 5.39 Å². The lowest BCUT2D eigenvalue weighted by Gasteiger charge is -2.12. The van der Waals surface area contributed by atoms with Crippen LogP contribution in [0.5, 0.6) is 5.75 Å². The SMILES string of the molecule is COc1ccc(S)cc1.O=S(=O)(O)c1ccc2ccc3cccc4ccc1c2c34. The molecule has 0 radical (unpaired) electrons. The van der Waals surface area contributed by atoms with Crippen LogP contribution in [0.25, 0.3) is 32.3 Å². The van der Waals surface area contributed by atoms with Crippen molar-refractivity contribution in [2.45, 2.75) is 9.79 Å². The van der Waals surface area contributed by atoms with E-state index >= 15 is 0 Å². The quantitative estimate of drug-likeness (QED) is 0.214. The Morgan fingerprint density at radius 2 is 1.31 bits per heavy atom. The highest BCUT2D eigenvalue weighted by atomic mass is 32.2. The fraction of sp³-hybridized carbons (Fsp3) is 0.0435. The highest BCUT2D eigenvalue weighted by Crippen LogP contribution is 2.36. The number of methoxy groups -OCH3 is 1. The second kappa shape index (κ2) is 7.55. The van der Waals surface area contributed by atoms with E-state index in [1.54, 1.807) is 19.2 Å². The van der Waals surface area contributed by atoms with Gasteiger partial charge in [-0.25, -0.2) is 0 Å². The van der Waals surface area contributed by atoms with Gasteiger partial charge >= 0.3 is 0 Å². The van der Waals surface area contributed by atoms with Crippen molar-refractivity contribution in [3.05, 3.63) is 78.9 Å². The molecule has 0 saturated heterocycles. The Hall–Kier alpha value is -2.80. The van der Waals surface area contributed by atoms with E-state index in [1.165, 1.54) is 6.07 Å². The molecule has 0 amide bonds. The van der Waals surface area contributed by atoms with Crippen molar-refractivity contribution in [1.82, 2.24) is 0 Å². The summed E-state index contributed by atoms with van der Waals surface area (Å²) in [5, 5.41) is 5.58. The molecule has 0 spiro atoms. The van der Waals surface area contributed by atoms with E-state index in [0.717, 1.165) is 37.6 Å². The van der Waals surface area contributed by atoms with Crippen LogP contribution in [0, 0.1) is 0 Å². The van der Waals surface area contributed by atoms with Gasteiger partial charge in [0, 0.05) is 10.3 Å². The highest BCUT2D eigenvalue weighted by molar-refractivity contribution is 7.86. The van der Waals surface area contributed by atoms with Crippen molar-refractivity contribution in [3.63, 3.8) is 0 Å². The van der Waals surface area contributed by atoms with Crippen molar-refractivity contribution in [3.8, 4) is 5.75 Å². The lowest BCUT2D eigenvalue weighted by atomic mass is 9.94. The normalized spacial score (nSPS) is 11.6. The Labute approximate surface area is 174 Å². The molecule has 146 valence electrons. The van der Waals surface area contributed by atoms with Gasteiger partial charge in [0.25, 0.3) is 10.1 Å². The average Bonchev–Trinajstić information content (AvgIpc) is 2.72. The van der Waals surface area contributed by atoms with Gasteiger partial charge in [-0.3, -0.25) is 4.55 Å². The minimum absolute atomic E-state index is 0.0387. The molecule has 0 atom stereocenters. The molecule has 5 aromatic rings. The van der Waals surface area contributed by atoms with Crippen LogP contribution in [-0.2, 0) is 10.1 Å². The molecule has 1 N–H and O–H groups in total. The Balaban J connectivity index is 0.000000192. The Morgan fingerprint density at radius 3 is 1.90 bits per heavy atom. The van der Waals surface area contributed by atoms with E-state index in [4.69, 9.17) is 4.74 Å². The summed E-state index contributed by atoms with van der Waals surface area (Å²) < 4.78 is 37.4. The maximum absolute atomic E-state index is 11.5. The van der Waals surface area contributed by atoms with E-state index in [2.05, 4.69) is 12.6 Å². The Morgan fingerprint density at radius 1 is 0.759 bits per heavy atom. The molecular formula is C23H18O4S2. The van der Waals surface area contributed by atoms with Crippen LogP contribution in [0.3, 0.4) is 0 Å². The molecule has 0 aliphatic heterocycles. The summed E-state index contributed by atoms with van der Waals surface area (Å²) in [6.45, 7) is 0. The van der Waals surface area contributed by atoms with Crippen molar-refractivity contribution in [2.75, 3.05) is 7.11 Å². The molecule has 0 aromatic heterocycles. The lowest BCUT2D eigenvalue weighted by molar-refractivity contribution is 0.414. The van der Waals surface area contributed by atoms with Crippen LogP contribution in [0.15, 0.2) is 88.7 Å². The average molecular weight is 423 g/mol. The van der Waals surface area contributed by atoms with Crippen molar-refractivity contribution in [1.29, 1.82) is 0 Å². The summed E-state index contributed by atoms with van der Waals surface area (Å²) >= 11 is 4.11. The van der Waals surface area contributed by atoms with E-state index in [1.807, 2.05) is 60.7 Å². The molecular weight excluding hydrogens is 404 g/mol. The van der Waals surface area contributed by atoms with E-state index < -0.39 is 10.1 Å². The predicted molar refractivity (Wildman–Crippen MR) is 120 cm³/mol. The first-order valence-corrected chi connectivity index (χ1v) is 10.7. The molecule has 0 bridgehead atoms. The third-order valence-electron chi connectivity index (χ3n) is 4.84. The van der Waals surface area contributed by atoms with Crippen molar-refractivity contribution in [2.24, 2.45) is 0 Å². The zero-order chi connectivity index (χ0) is 20.6. The number of benzene rings is 5. The molecule has 0 aliphatic rings. The number of hydrogen-bond donors (Lipinski definition) is 2. The maximum Gasteiger partial charge on any atom is 0.295 e. The van der Waals surface area contributed by atoms with Gasteiger partial charge in [-0.1, -0.05) is 48.5 Å². The molecule has 0 unspecified atom stereocenters. The Kier molecular flexibility index (Phi) is 5.08. The van der Waals surface area contributed by atoms with E-state index in [9.17, 15) is 13.0 Å². The molecule has 0 aliphatic carbocycles. The summed E-state index contributed by atoms with van der Waals surface area (Å²) in [5.74, 6) is 0.868. The molecule has 4 nitrogen and oxygen atoms in total. The first kappa shape index (κ1) is 19.5. The summed E-state index contributed by atoms with van der Waals surface area (Å²) in [6.07, 6.45) is 0. The van der Waals surface area contributed by atoms with Crippen molar-refractivity contribution >= 4 is 55.1 Å². The van der Waals surface area contributed by atoms with Crippen molar-refractivity contribution < 1.29 is 17.7 Å². The summed E-state index contributed by atoms with van der Waals surface area (Å²) in [7, 11) is -2.58. The molecule has 0 saturated carbocycles. The number of ether oxygens (including phenoxy) is 1. The Bertz CT molecular complexity index is 1390. The summed E-state index contributed by atoms with van der Waals surface area (Å²) in [5.41, 5.74) is 0. The standard InChI is InChI=1S/C16H10O3S.C7H8OS/c17-20(18,19)14-9-7-12-5-4-10-2-1-3-11-6-8-13(14)16(12)15(10)11;1-8-6-2-4-7(9)5-3-6/h1-9H,(H,17,18,19);2-5,9H,1H3. The second-order valence-electron chi connectivity index (χ2n) is 6.59. The third-order valence-corrected chi connectivity index (χ3v) is 6.05. The number of thiol groups is 1. The van der Waals surface area contributed by atoms with Crippen LogP contribution in [0.4, 0.5) is 0 Å². The molecule has 6 heteroatoms. The van der Waals surface area contributed by atoms with Gasteiger partial charge in [-0.2, -0.15) is 8.42 Å². The molecule has 29 heavy (non-hydrogen) atoms. The van der Waals surface area contributed by atoms with Crippen LogP contribution in [-0.4, -0.2) is 20.1 Å². The topological polar surface area (TPSA) is 63.6 Å². The van der Waals surface area contributed by atoms with Gasteiger partial charge in [-0.05, 0) is 57.3 Å². The fourth-order valence-electron chi connectivity index (χ4n) is 3.52. The minimum Gasteiger partial charge on any atom is -0.497 e. The highest BCUT2D eigenvalue weighted by Gasteiger charge is 2.17. The van der Waals surface area contributed by atoms with Crippen LogP contribution in [0.2, 0.25) is 0 Å². The van der Waals surface area contributed by atoms with Gasteiger partial charge in [0.15, 0.2) is 0 Å². The number of rotatable bonds is 2. The zero-order valence-corrected chi connectivity index (χ0v) is 17.2. The second-order valence-corrected chi connectivity index (χ2v) is 8.50. The first-order chi connectivity index (χ1) is 13.9. The largest absolute Gasteiger partial charge is 0.497 e. The summed E-state index contributed by atoms with van der Waals surface area (Å²) in [6, 6.07) is 24.3. The summed E-state index contributed by atoms with van der Waals surface area (Å²) in [4.78, 5) is 0.916. The minimum atomic E-state index is -4.23. The monoisotopic (exact) mass is 422 g/mol. The predicted octanol–water partition coefficient (Wildman–Crippen LogP) is 5.81. The van der Waals surface area contributed by atoms with E-state index in [-0.39, 0.29) is 4.90 Å². The molecule has 0 fully saturated rings. The van der Waals surface area contributed by atoms with Gasteiger partial charge < -0.3 is 4.74 Å². The van der Waals surface area contributed by atoms with Gasteiger partial charge in [0.05, 0.1) is 7.11 Å². The zero-order valence-electron chi connectivity index (χ0n) is 15.5. The lowest BCUT2D eigenvalue weighted by Crippen LogP contribution is -1.99. The smallest absolute Gasteiger partial charge is 0.295 e.